The van der Waals surface area contributed by atoms with E-state index in [0.717, 1.165) is 6.07 Å². The summed E-state index contributed by atoms with van der Waals surface area (Å²) in [5, 5.41) is 10.9. The highest BCUT2D eigenvalue weighted by Gasteiger charge is 2.35. The van der Waals surface area contributed by atoms with Crippen LogP contribution >= 0.6 is 0 Å². The summed E-state index contributed by atoms with van der Waals surface area (Å²) in [5.74, 6) is -1.10. The summed E-state index contributed by atoms with van der Waals surface area (Å²) >= 11 is 0. The third-order valence-corrected chi connectivity index (χ3v) is 2.90. The highest BCUT2D eigenvalue weighted by atomic mass is 19.1. The number of nitro benzene ring substituents is 1. The molecule has 1 aromatic rings. The number of hydrogen-bond acceptors (Lipinski definition) is 4. The average Bonchev–Trinajstić information content (AvgIpc) is 2.33. The molecule has 18 heavy (non-hydrogen) atoms. The van der Waals surface area contributed by atoms with Crippen molar-refractivity contribution in [3.63, 3.8) is 0 Å². The lowest BCUT2D eigenvalue weighted by Gasteiger charge is -2.31. The topological polar surface area (TPSA) is 72.7 Å². The molecule has 2 aliphatic rings. The summed E-state index contributed by atoms with van der Waals surface area (Å²) in [6, 6.07) is 0.954. The molecular weight excluding hydrogens is 243 g/mol. The van der Waals surface area contributed by atoms with Crippen LogP contribution in [0.1, 0.15) is 5.56 Å². The van der Waals surface area contributed by atoms with Crippen LogP contribution in [0.15, 0.2) is 12.1 Å². The quantitative estimate of drug-likeness (QED) is 0.559. The van der Waals surface area contributed by atoms with E-state index >= 15 is 0 Å². The number of halogens is 1. The van der Waals surface area contributed by atoms with Crippen LogP contribution in [-0.4, -0.2) is 24.0 Å². The Morgan fingerprint density at radius 2 is 2.28 bits per heavy atom. The lowest BCUT2D eigenvalue weighted by Crippen LogP contribution is -2.40. The summed E-state index contributed by atoms with van der Waals surface area (Å²) in [6.45, 7) is 0.127. The maximum Gasteiger partial charge on any atom is 0.314 e. The second kappa shape index (κ2) is 3.52. The normalized spacial score (nSPS) is 16.3. The van der Waals surface area contributed by atoms with Crippen molar-refractivity contribution in [3.05, 3.63) is 33.6 Å². The van der Waals surface area contributed by atoms with Gasteiger partial charge in [0.25, 0.3) is 5.91 Å². The fourth-order valence-corrected chi connectivity index (χ4v) is 2.17. The molecule has 0 bridgehead atoms. The molecule has 0 fully saturated rings. The van der Waals surface area contributed by atoms with Crippen LogP contribution in [0.3, 0.4) is 0 Å². The number of hydrogen-bond donors (Lipinski definition) is 0. The molecule has 2 aliphatic heterocycles. The first-order chi connectivity index (χ1) is 8.59. The second-order valence-electron chi connectivity index (χ2n) is 3.92. The van der Waals surface area contributed by atoms with Gasteiger partial charge in [-0.05, 0) is 6.08 Å². The molecule has 0 spiro atoms. The van der Waals surface area contributed by atoms with Crippen molar-refractivity contribution >= 4 is 23.4 Å². The molecule has 0 saturated carbocycles. The van der Waals surface area contributed by atoms with E-state index < -0.39 is 16.4 Å². The number of carbonyl (C=O) groups is 1. The van der Waals surface area contributed by atoms with E-state index in [2.05, 4.69) is 0 Å². The van der Waals surface area contributed by atoms with E-state index in [1.165, 1.54) is 11.0 Å². The Balaban J connectivity index is 2.34. The fourth-order valence-electron chi connectivity index (χ4n) is 2.17. The van der Waals surface area contributed by atoms with Gasteiger partial charge in [-0.25, -0.2) is 0 Å². The number of ether oxygens (including phenoxy) is 1. The average molecular weight is 250 g/mol. The monoisotopic (exact) mass is 250 g/mol. The predicted octanol–water partition coefficient (Wildman–Crippen LogP) is 1.49. The minimum absolute atomic E-state index is 0.0781. The van der Waals surface area contributed by atoms with Gasteiger partial charge in [0.05, 0.1) is 10.5 Å². The van der Waals surface area contributed by atoms with Gasteiger partial charge in [0.2, 0.25) is 5.82 Å². The zero-order chi connectivity index (χ0) is 12.9. The molecule has 1 amide bonds. The van der Waals surface area contributed by atoms with Gasteiger partial charge in [0.15, 0.2) is 6.61 Å². The largest absolute Gasteiger partial charge is 0.481 e. The predicted molar refractivity (Wildman–Crippen MR) is 59.9 cm³/mol. The van der Waals surface area contributed by atoms with Gasteiger partial charge < -0.3 is 9.64 Å². The van der Waals surface area contributed by atoms with Crippen molar-refractivity contribution in [2.45, 2.75) is 0 Å². The van der Waals surface area contributed by atoms with Crippen LogP contribution in [0.4, 0.5) is 15.8 Å². The summed E-state index contributed by atoms with van der Waals surface area (Å²) < 4.78 is 18.8. The van der Waals surface area contributed by atoms with Gasteiger partial charge in [-0.1, -0.05) is 6.08 Å². The lowest BCUT2D eigenvalue weighted by molar-refractivity contribution is -0.387. The third kappa shape index (κ3) is 1.30. The van der Waals surface area contributed by atoms with Crippen molar-refractivity contribution in [2.75, 3.05) is 18.1 Å². The van der Waals surface area contributed by atoms with Gasteiger partial charge in [-0.3, -0.25) is 14.9 Å². The zero-order valence-corrected chi connectivity index (χ0v) is 9.05. The minimum Gasteiger partial charge on any atom is -0.481 e. The van der Waals surface area contributed by atoms with Crippen molar-refractivity contribution in [1.29, 1.82) is 0 Å². The second-order valence-corrected chi connectivity index (χ2v) is 3.92. The van der Waals surface area contributed by atoms with Gasteiger partial charge in [-0.2, -0.15) is 4.39 Å². The highest BCUT2D eigenvalue weighted by molar-refractivity contribution is 6.02. The minimum atomic E-state index is -0.963. The van der Waals surface area contributed by atoms with Gasteiger partial charge in [0, 0.05) is 12.6 Å². The molecule has 0 aromatic heterocycles. The number of nitrogens with zero attached hydrogens (tertiary/aromatic N) is 2. The summed E-state index contributed by atoms with van der Waals surface area (Å²) in [6.07, 6.45) is 3.03. The van der Waals surface area contributed by atoms with Gasteiger partial charge in [-0.15, -0.1) is 0 Å². The maximum atomic E-state index is 13.7. The third-order valence-electron chi connectivity index (χ3n) is 2.90. The Kier molecular flexibility index (Phi) is 2.09. The number of amides is 1. The Bertz CT molecular complexity index is 612. The summed E-state index contributed by atoms with van der Waals surface area (Å²) in [4.78, 5) is 23.1. The van der Waals surface area contributed by atoms with Crippen LogP contribution in [-0.2, 0) is 4.79 Å². The van der Waals surface area contributed by atoms with Crippen molar-refractivity contribution in [1.82, 2.24) is 0 Å². The van der Waals surface area contributed by atoms with Crippen molar-refractivity contribution in [3.8, 4) is 5.75 Å². The first-order valence-corrected chi connectivity index (χ1v) is 5.20. The Morgan fingerprint density at radius 3 is 3.00 bits per heavy atom. The fraction of sp³-hybridized carbons (Fsp3) is 0.182. The molecule has 0 unspecified atom stereocenters. The SMILES string of the molecule is O=C1COc2cc(F)c([N+](=O)[O-])c3c2N1CC=C3. The first-order valence-electron chi connectivity index (χ1n) is 5.20. The molecule has 0 N–H and O–H groups in total. The number of anilines is 1. The van der Waals surface area contributed by atoms with Crippen LogP contribution in [0.25, 0.3) is 6.08 Å². The molecule has 0 radical (unpaired) electrons. The first kappa shape index (κ1) is 10.7. The van der Waals surface area contributed by atoms with E-state index in [0.29, 0.717) is 6.54 Å². The van der Waals surface area contributed by atoms with E-state index in [1.807, 2.05) is 0 Å². The zero-order valence-electron chi connectivity index (χ0n) is 9.05. The van der Waals surface area contributed by atoms with Crippen LogP contribution < -0.4 is 9.64 Å². The van der Waals surface area contributed by atoms with Crippen LogP contribution in [0.5, 0.6) is 5.75 Å². The number of benzene rings is 1. The molecule has 6 nitrogen and oxygen atoms in total. The highest BCUT2D eigenvalue weighted by Crippen LogP contribution is 2.44. The molecule has 2 heterocycles. The number of carbonyl (C=O) groups excluding carboxylic acids is 1. The molecule has 1 aromatic carbocycles. The van der Waals surface area contributed by atoms with E-state index in [-0.39, 0.29) is 29.5 Å². The molecule has 92 valence electrons. The van der Waals surface area contributed by atoms with E-state index in [4.69, 9.17) is 4.74 Å². The summed E-state index contributed by atoms with van der Waals surface area (Å²) in [7, 11) is 0. The molecule has 7 heteroatoms. The lowest BCUT2D eigenvalue weighted by atomic mass is 10.0. The number of nitro groups is 1. The van der Waals surface area contributed by atoms with Crippen molar-refractivity contribution < 1.29 is 18.8 Å². The van der Waals surface area contributed by atoms with Crippen LogP contribution in [0, 0.1) is 15.9 Å². The summed E-state index contributed by atoms with van der Waals surface area (Å²) in [5.41, 5.74) is -0.274. The molecular formula is C11H7FN2O4. The molecule has 3 rings (SSSR count). The molecule has 0 aliphatic carbocycles. The number of rotatable bonds is 1. The van der Waals surface area contributed by atoms with E-state index in [9.17, 15) is 19.3 Å². The van der Waals surface area contributed by atoms with Crippen LogP contribution in [0.2, 0.25) is 0 Å². The molecule has 0 saturated heterocycles. The Morgan fingerprint density at radius 1 is 1.50 bits per heavy atom. The Labute approximate surface area is 100 Å². The standard InChI is InChI=1S/C11H7FN2O4/c12-7-4-8-11-6(10(7)14(16)17)2-1-3-13(11)9(15)5-18-8/h1-2,4H,3,5H2. The smallest absolute Gasteiger partial charge is 0.314 e. The Hall–Kier alpha value is -2.44. The molecule has 0 atom stereocenters. The van der Waals surface area contributed by atoms with Crippen molar-refractivity contribution in [2.24, 2.45) is 0 Å². The van der Waals surface area contributed by atoms with Gasteiger partial charge in [0.1, 0.15) is 11.4 Å². The van der Waals surface area contributed by atoms with E-state index in [1.54, 1.807) is 6.08 Å². The van der Waals surface area contributed by atoms with Gasteiger partial charge >= 0.3 is 5.69 Å². The maximum absolute atomic E-state index is 13.7.